The van der Waals surface area contributed by atoms with E-state index < -0.39 is 5.97 Å². The number of carbonyl (C=O) groups excluding carboxylic acids is 1. The van der Waals surface area contributed by atoms with Crippen LogP contribution in [0.15, 0.2) is 67.5 Å². The van der Waals surface area contributed by atoms with Crippen LogP contribution in [-0.2, 0) is 11.3 Å². The maximum Gasteiger partial charge on any atom is 0.341 e. The van der Waals surface area contributed by atoms with Gasteiger partial charge in [0.1, 0.15) is 0 Å². The molecule has 1 unspecified atom stereocenters. The second kappa shape index (κ2) is 10.7. The summed E-state index contributed by atoms with van der Waals surface area (Å²) >= 11 is 0. The van der Waals surface area contributed by atoms with E-state index in [9.17, 15) is 4.79 Å². The van der Waals surface area contributed by atoms with E-state index in [1.54, 1.807) is 6.92 Å². The van der Waals surface area contributed by atoms with Crippen LogP contribution in [0.5, 0.6) is 0 Å². The first-order valence-electron chi connectivity index (χ1n) is 10.9. The number of hydrogen-bond donors (Lipinski definition) is 0. The smallest absolute Gasteiger partial charge is 0.341 e. The van der Waals surface area contributed by atoms with Gasteiger partial charge >= 0.3 is 5.97 Å². The number of rotatable bonds is 8. The molecule has 1 atom stereocenters. The van der Waals surface area contributed by atoms with Crippen molar-refractivity contribution in [2.24, 2.45) is 0 Å². The molecule has 8 nitrogen and oxygen atoms in total. The molecule has 1 saturated heterocycles. The Balaban J connectivity index is 1.40. The van der Waals surface area contributed by atoms with Crippen molar-refractivity contribution in [2.45, 2.75) is 19.5 Å². The molecule has 8 heteroatoms. The van der Waals surface area contributed by atoms with Crippen LogP contribution in [0.3, 0.4) is 0 Å². The van der Waals surface area contributed by atoms with Crippen molar-refractivity contribution in [1.29, 1.82) is 0 Å². The lowest BCUT2D eigenvalue weighted by atomic mass is 10.1. The largest absolute Gasteiger partial charge is 0.462 e. The summed E-state index contributed by atoms with van der Waals surface area (Å²) in [6, 6.07) is 10.6. The van der Waals surface area contributed by atoms with Crippen LogP contribution in [0.2, 0.25) is 0 Å². The van der Waals surface area contributed by atoms with Crippen LogP contribution in [0, 0.1) is 0 Å². The lowest BCUT2D eigenvalue weighted by Crippen LogP contribution is -2.51. The van der Waals surface area contributed by atoms with Crippen molar-refractivity contribution in [3.63, 3.8) is 0 Å². The van der Waals surface area contributed by atoms with Crippen molar-refractivity contribution in [3.8, 4) is 0 Å². The number of aromatic nitrogens is 4. The number of hydrogen-bond acceptors (Lipinski definition) is 7. The molecule has 0 aliphatic carbocycles. The van der Waals surface area contributed by atoms with Crippen LogP contribution >= 0.6 is 0 Å². The van der Waals surface area contributed by atoms with E-state index in [1.807, 2.05) is 24.8 Å². The molecular formula is C24H28N6O2. The first-order valence-corrected chi connectivity index (χ1v) is 10.9. The molecule has 0 N–H and O–H groups in total. The molecular weight excluding hydrogens is 404 g/mol. The average Bonchev–Trinajstić information content (AvgIpc) is 3.36. The van der Waals surface area contributed by atoms with E-state index >= 15 is 0 Å². The third-order valence-electron chi connectivity index (χ3n) is 5.48. The van der Waals surface area contributed by atoms with E-state index in [0.717, 1.165) is 32.7 Å². The van der Waals surface area contributed by atoms with Gasteiger partial charge in [0.2, 0.25) is 5.95 Å². The molecule has 2 aromatic heterocycles. The summed E-state index contributed by atoms with van der Waals surface area (Å²) in [6.07, 6.45) is 13.2. The number of benzene rings is 1. The van der Waals surface area contributed by atoms with Crippen molar-refractivity contribution in [3.05, 3.63) is 78.6 Å². The van der Waals surface area contributed by atoms with E-state index in [1.165, 1.54) is 18.0 Å². The third-order valence-corrected chi connectivity index (χ3v) is 5.48. The maximum absolute atomic E-state index is 11.8. The predicted molar refractivity (Wildman–Crippen MR) is 123 cm³/mol. The molecule has 1 aromatic carbocycles. The minimum Gasteiger partial charge on any atom is -0.462 e. The van der Waals surface area contributed by atoms with Crippen molar-refractivity contribution in [2.75, 3.05) is 37.7 Å². The van der Waals surface area contributed by atoms with Gasteiger partial charge < -0.3 is 14.2 Å². The number of carbonyl (C=O) groups is 1. The monoisotopic (exact) mass is 432 g/mol. The van der Waals surface area contributed by atoms with Gasteiger partial charge in [-0.25, -0.2) is 19.7 Å². The summed E-state index contributed by atoms with van der Waals surface area (Å²) in [5.41, 5.74) is 1.57. The number of imidazole rings is 1. The highest BCUT2D eigenvalue weighted by atomic mass is 16.5. The molecule has 1 fully saturated rings. The van der Waals surface area contributed by atoms with Crippen LogP contribution in [0.25, 0.3) is 6.08 Å². The Hall–Kier alpha value is -3.52. The maximum atomic E-state index is 11.8. The highest BCUT2D eigenvalue weighted by Crippen LogP contribution is 2.16. The number of esters is 1. The van der Waals surface area contributed by atoms with Crippen LogP contribution in [-0.4, -0.2) is 69.2 Å². The fraction of sp³-hybridized carbons (Fsp3) is 0.333. The Bertz CT molecular complexity index is 997. The summed E-state index contributed by atoms with van der Waals surface area (Å²) < 4.78 is 7.11. The second-order valence-electron chi connectivity index (χ2n) is 7.61. The normalized spacial score (nSPS) is 15.7. The summed E-state index contributed by atoms with van der Waals surface area (Å²) in [5.74, 6) is 0.250. The van der Waals surface area contributed by atoms with E-state index in [-0.39, 0.29) is 6.04 Å². The molecule has 1 aliphatic heterocycles. The number of nitrogens with zero attached hydrogens (tertiary/aromatic N) is 6. The molecule has 0 spiro atoms. The highest BCUT2D eigenvalue weighted by molar-refractivity contribution is 5.88. The minimum absolute atomic E-state index is 0.249. The van der Waals surface area contributed by atoms with Gasteiger partial charge in [-0.1, -0.05) is 42.5 Å². The van der Waals surface area contributed by atoms with Crippen LogP contribution < -0.4 is 4.90 Å². The van der Waals surface area contributed by atoms with Gasteiger partial charge in [0.15, 0.2) is 0 Å². The Labute approximate surface area is 188 Å². The van der Waals surface area contributed by atoms with Crippen molar-refractivity contribution < 1.29 is 9.53 Å². The zero-order valence-electron chi connectivity index (χ0n) is 18.2. The molecule has 166 valence electrons. The lowest BCUT2D eigenvalue weighted by Gasteiger charge is -2.38. The summed E-state index contributed by atoms with van der Waals surface area (Å²) in [6.45, 7) is 6.37. The zero-order valence-corrected chi connectivity index (χ0v) is 18.2. The highest BCUT2D eigenvalue weighted by Gasteiger charge is 2.24. The first-order chi connectivity index (χ1) is 15.7. The molecule has 0 radical (unpaired) electrons. The Morgan fingerprint density at radius 1 is 1.12 bits per heavy atom. The summed E-state index contributed by atoms with van der Waals surface area (Å²) in [4.78, 5) is 29.4. The zero-order chi connectivity index (χ0) is 22.2. The number of anilines is 1. The standard InChI is InChI=1S/C24H28N6O2/c1-2-32-23(31)21-16-26-24(27-17-21)30-14-12-29(13-15-30)22(18-28-11-10-25-19-28)9-8-20-6-4-3-5-7-20/h3-11,16-17,19,22H,2,12-15,18H2,1H3. The van der Waals surface area contributed by atoms with Gasteiger partial charge in [-0.3, -0.25) is 4.90 Å². The van der Waals surface area contributed by atoms with Gasteiger partial charge in [0, 0.05) is 63.6 Å². The molecule has 3 heterocycles. The minimum atomic E-state index is -0.392. The Morgan fingerprint density at radius 3 is 2.53 bits per heavy atom. The Morgan fingerprint density at radius 2 is 1.88 bits per heavy atom. The molecule has 0 amide bonds. The molecule has 1 aliphatic rings. The van der Waals surface area contributed by atoms with Gasteiger partial charge in [-0.2, -0.15) is 0 Å². The van der Waals surface area contributed by atoms with E-state index in [2.05, 4.69) is 65.7 Å². The van der Waals surface area contributed by atoms with E-state index in [4.69, 9.17) is 4.74 Å². The SMILES string of the molecule is CCOC(=O)c1cnc(N2CCN(C(C=Cc3ccccc3)Cn3ccnc3)CC2)nc1. The number of piperazine rings is 1. The second-order valence-corrected chi connectivity index (χ2v) is 7.61. The molecule has 4 rings (SSSR count). The molecule has 32 heavy (non-hydrogen) atoms. The summed E-state index contributed by atoms with van der Waals surface area (Å²) in [5, 5.41) is 0. The molecule has 0 bridgehead atoms. The van der Waals surface area contributed by atoms with Crippen molar-refractivity contribution >= 4 is 18.0 Å². The average molecular weight is 433 g/mol. The quantitative estimate of drug-likeness (QED) is 0.507. The lowest BCUT2D eigenvalue weighted by molar-refractivity contribution is 0.0525. The van der Waals surface area contributed by atoms with Gasteiger partial charge in [0.05, 0.1) is 18.5 Å². The van der Waals surface area contributed by atoms with Gasteiger partial charge in [-0.05, 0) is 12.5 Å². The van der Waals surface area contributed by atoms with E-state index in [0.29, 0.717) is 18.1 Å². The topological polar surface area (TPSA) is 76.4 Å². The van der Waals surface area contributed by atoms with Crippen molar-refractivity contribution in [1.82, 2.24) is 24.4 Å². The fourth-order valence-corrected chi connectivity index (χ4v) is 3.75. The molecule has 0 saturated carbocycles. The van der Waals surface area contributed by atoms with Crippen LogP contribution in [0.4, 0.5) is 5.95 Å². The first kappa shape index (κ1) is 21.7. The Kier molecular flexibility index (Phi) is 7.24. The number of ether oxygens (including phenoxy) is 1. The van der Waals surface area contributed by atoms with Gasteiger partial charge in [-0.15, -0.1) is 0 Å². The predicted octanol–water partition coefficient (Wildman–Crippen LogP) is 2.75. The third kappa shape index (κ3) is 5.59. The van der Waals surface area contributed by atoms with Crippen LogP contribution in [0.1, 0.15) is 22.8 Å². The summed E-state index contributed by atoms with van der Waals surface area (Å²) in [7, 11) is 0. The molecule has 3 aromatic rings. The van der Waals surface area contributed by atoms with Gasteiger partial charge in [0.25, 0.3) is 0 Å². The fourth-order valence-electron chi connectivity index (χ4n) is 3.75.